The van der Waals surface area contributed by atoms with E-state index in [0.717, 1.165) is 22.2 Å². The van der Waals surface area contributed by atoms with Crippen molar-refractivity contribution in [2.24, 2.45) is 0 Å². The van der Waals surface area contributed by atoms with E-state index in [1.807, 2.05) is 36.4 Å². The van der Waals surface area contributed by atoms with Gasteiger partial charge in [-0.1, -0.05) is 24.3 Å². The molecule has 32 heavy (non-hydrogen) atoms. The summed E-state index contributed by atoms with van der Waals surface area (Å²) in [4.78, 5) is 29.1. The SMILES string of the molecule is CCS(=O)(=O)N1CCc2cc(C(=O)COC(=O)CCc3ccc4ccccc4n3)ccc21. The molecule has 8 heteroatoms. The number of anilines is 1. The van der Waals surface area contributed by atoms with Crippen molar-refractivity contribution in [3.05, 3.63) is 71.4 Å². The zero-order chi connectivity index (χ0) is 22.7. The molecule has 0 atom stereocenters. The summed E-state index contributed by atoms with van der Waals surface area (Å²) in [5, 5.41) is 1.04. The summed E-state index contributed by atoms with van der Waals surface area (Å²) < 4.78 is 30.9. The van der Waals surface area contributed by atoms with Crippen LogP contribution in [0.15, 0.2) is 54.6 Å². The lowest BCUT2D eigenvalue weighted by Crippen LogP contribution is -2.30. The molecule has 1 aliphatic rings. The Labute approximate surface area is 187 Å². The van der Waals surface area contributed by atoms with Crippen molar-refractivity contribution in [2.45, 2.75) is 26.2 Å². The molecule has 0 saturated carbocycles. The van der Waals surface area contributed by atoms with Gasteiger partial charge in [0.2, 0.25) is 10.0 Å². The van der Waals surface area contributed by atoms with Crippen molar-refractivity contribution in [3.8, 4) is 0 Å². The minimum Gasteiger partial charge on any atom is -0.457 e. The minimum absolute atomic E-state index is 0.0256. The third kappa shape index (κ3) is 4.65. The van der Waals surface area contributed by atoms with Crippen LogP contribution in [0.5, 0.6) is 0 Å². The number of aryl methyl sites for hydroxylation is 1. The molecule has 1 aliphatic heterocycles. The molecule has 3 aromatic rings. The summed E-state index contributed by atoms with van der Waals surface area (Å²) in [7, 11) is -3.33. The summed E-state index contributed by atoms with van der Waals surface area (Å²) >= 11 is 0. The van der Waals surface area contributed by atoms with E-state index in [0.29, 0.717) is 30.6 Å². The van der Waals surface area contributed by atoms with Crippen molar-refractivity contribution in [3.63, 3.8) is 0 Å². The molecule has 2 aromatic carbocycles. The number of carbonyl (C=O) groups excluding carboxylic acids is 2. The summed E-state index contributed by atoms with van der Waals surface area (Å²) in [5.41, 5.74) is 3.49. The van der Waals surface area contributed by atoms with Gasteiger partial charge in [0.15, 0.2) is 12.4 Å². The first-order valence-corrected chi connectivity index (χ1v) is 12.1. The smallest absolute Gasteiger partial charge is 0.306 e. The number of fused-ring (bicyclic) bond motifs is 2. The summed E-state index contributed by atoms with van der Waals surface area (Å²) in [6.45, 7) is 1.64. The lowest BCUT2D eigenvalue weighted by molar-refractivity contribution is -0.142. The van der Waals surface area contributed by atoms with Crippen LogP contribution in [0.3, 0.4) is 0 Å². The Morgan fingerprint density at radius 2 is 1.91 bits per heavy atom. The van der Waals surface area contributed by atoms with E-state index in [4.69, 9.17) is 4.74 Å². The van der Waals surface area contributed by atoms with Gasteiger partial charge in [0.25, 0.3) is 0 Å². The Balaban J connectivity index is 1.32. The predicted octanol–water partition coefficient (Wildman–Crippen LogP) is 3.31. The van der Waals surface area contributed by atoms with Crippen LogP contribution in [0, 0.1) is 0 Å². The van der Waals surface area contributed by atoms with Crippen LogP contribution in [0.4, 0.5) is 5.69 Å². The van der Waals surface area contributed by atoms with Crippen molar-refractivity contribution in [2.75, 3.05) is 23.2 Å². The van der Waals surface area contributed by atoms with E-state index in [2.05, 4.69) is 4.98 Å². The summed E-state index contributed by atoms with van der Waals surface area (Å²) in [6, 6.07) is 16.5. The van der Waals surface area contributed by atoms with Crippen LogP contribution in [-0.4, -0.2) is 44.1 Å². The molecule has 0 N–H and O–H groups in total. The highest BCUT2D eigenvalue weighted by Crippen LogP contribution is 2.31. The number of hydrogen-bond donors (Lipinski definition) is 0. The molecule has 0 bridgehead atoms. The van der Waals surface area contributed by atoms with Crippen molar-refractivity contribution in [1.29, 1.82) is 0 Å². The van der Waals surface area contributed by atoms with E-state index in [1.165, 1.54) is 4.31 Å². The first-order chi connectivity index (χ1) is 15.4. The molecular weight excluding hydrogens is 428 g/mol. The van der Waals surface area contributed by atoms with Gasteiger partial charge < -0.3 is 4.74 Å². The molecule has 4 rings (SSSR count). The second-order valence-corrected chi connectivity index (χ2v) is 9.83. The van der Waals surface area contributed by atoms with Crippen molar-refractivity contribution in [1.82, 2.24) is 4.98 Å². The number of Topliss-reactive ketones (excluding diaryl/α,β-unsaturated/α-hetero) is 1. The Bertz CT molecular complexity index is 1290. The van der Waals surface area contributed by atoms with Crippen LogP contribution in [0.1, 0.15) is 35.0 Å². The Hall–Kier alpha value is -3.26. The maximum atomic E-state index is 12.5. The zero-order valence-electron chi connectivity index (χ0n) is 17.8. The molecule has 166 valence electrons. The molecule has 0 saturated heterocycles. The maximum absolute atomic E-state index is 12.5. The number of para-hydroxylation sites is 1. The van der Waals surface area contributed by atoms with Crippen LogP contribution in [-0.2, 0) is 32.4 Å². The number of nitrogens with zero attached hydrogens (tertiary/aromatic N) is 2. The fourth-order valence-electron chi connectivity index (χ4n) is 3.77. The third-order valence-electron chi connectivity index (χ3n) is 5.56. The molecule has 0 radical (unpaired) electrons. The summed E-state index contributed by atoms with van der Waals surface area (Å²) in [6.07, 6.45) is 1.11. The van der Waals surface area contributed by atoms with Gasteiger partial charge in [-0.25, -0.2) is 8.42 Å². The zero-order valence-corrected chi connectivity index (χ0v) is 18.6. The molecule has 0 aliphatic carbocycles. The van der Waals surface area contributed by atoms with Gasteiger partial charge in [0, 0.05) is 29.6 Å². The number of ether oxygens (including phenoxy) is 1. The fourth-order valence-corrected chi connectivity index (χ4v) is 4.93. The van der Waals surface area contributed by atoms with Crippen LogP contribution < -0.4 is 4.31 Å². The van der Waals surface area contributed by atoms with Crippen molar-refractivity contribution >= 4 is 38.4 Å². The second kappa shape index (κ2) is 9.08. The van der Waals surface area contributed by atoms with Crippen LogP contribution in [0.25, 0.3) is 10.9 Å². The van der Waals surface area contributed by atoms with Gasteiger partial charge in [0.1, 0.15) is 0 Å². The largest absolute Gasteiger partial charge is 0.457 e. The molecule has 0 spiro atoms. The number of carbonyl (C=O) groups is 2. The molecule has 0 unspecified atom stereocenters. The molecular formula is C24H24N2O5S. The number of aromatic nitrogens is 1. The van der Waals surface area contributed by atoms with E-state index >= 15 is 0 Å². The summed E-state index contributed by atoms with van der Waals surface area (Å²) in [5.74, 6) is -0.755. The Morgan fingerprint density at radius 3 is 2.72 bits per heavy atom. The third-order valence-corrected chi connectivity index (χ3v) is 7.34. The second-order valence-electron chi connectivity index (χ2n) is 7.65. The van der Waals surface area contributed by atoms with E-state index in [1.54, 1.807) is 25.1 Å². The quantitative estimate of drug-likeness (QED) is 0.385. The standard InChI is InChI=1S/C24H24N2O5S/c1-2-32(29,30)26-14-13-18-15-19(8-11-22(18)26)23(27)16-31-24(28)12-10-20-9-7-17-5-3-4-6-21(17)25-20/h3-9,11,15H,2,10,12-14,16H2,1H3. The normalized spacial score (nSPS) is 13.2. The highest BCUT2D eigenvalue weighted by atomic mass is 32.2. The van der Waals surface area contributed by atoms with E-state index in [9.17, 15) is 18.0 Å². The van der Waals surface area contributed by atoms with Gasteiger partial charge in [-0.3, -0.25) is 18.9 Å². The number of rotatable bonds is 8. The number of pyridine rings is 1. The first kappa shape index (κ1) is 22.0. The highest BCUT2D eigenvalue weighted by Gasteiger charge is 2.28. The monoisotopic (exact) mass is 452 g/mol. The van der Waals surface area contributed by atoms with Crippen LogP contribution >= 0.6 is 0 Å². The predicted molar refractivity (Wildman–Crippen MR) is 122 cm³/mol. The molecule has 0 fully saturated rings. The van der Waals surface area contributed by atoms with Gasteiger partial charge in [-0.05, 0) is 49.2 Å². The van der Waals surface area contributed by atoms with E-state index in [-0.39, 0.29) is 24.6 Å². The molecule has 0 amide bonds. The molecule has 1 aromatic heterocycles. The Morgan fingerprint density at radius 1 is 1.09 bits per heavy atom. The average molecular weight is 453 g/mol. The lowest BCUT2D eigenvalue weighted by atomic mass is 10.1. The minimum atomic E-state index is -3.33. The maximum Gasteiger partial charge on any atom is 0.306 e. The molecule has 7 nitrogen and oxygen atoms in total. The number of hydrogen-bond acceptors (Lipinski definition) is 6. The van der Waals surface area contributed by atoms with E-state index < -0.39 is 16.0 Å². The molecule has 2 heterocycles. The highest BCUT2D eigenvalue weighted by molar-refractivity contribution is 7.92. The van der Waals surface area contributed by atoms with Crippen LogP contribution in [0.2, 0.25) is 0 Å². The van der Waals surface area contributed by atoms with Gasteiger partial charge in [-0.2, -0.15) is 0 Å². The topological polar surface area (TPSA) is 93.6 Å². The first-order valence-electron chi connectivity index (χ1n) is 10.5. The number of sulfonamides is 1. The van der Waals surface area contributed by atoms with Gasteiger partial charge in [-0.15, -0.1) is 0 Å². The average Bonchev–Trinajstić information content (AvgIpc) is 3.25. The fraction of sp³-hybridized carbons (Fsp3) is 0.292. The number of esters is 1. The van der Waals surface area contributed by atoms with Gasteiger partial charge >= 0.3 is 5.97 Å². The number of ketones is 1. The van der Waals surface area contributed by atoms with Gasteiger partial charge in [0.05, 0.1) is 23.4 Å². The lowest BCUT2D eigenvalue weighted by Gasteiger charge is -2.18. The Kier molecular flexibility index (Phi) is 6.23. The van der Waals surface area contributed by atoms with Crippen molar-refractivity contribution < 1.29 is 22.7 Å². The number of benzene rings is 2.